The van der Waals surface area contributed by atoms with Gasteiger partial charge in [0.2, 0.25) is 0 Å². The van der Waals surface area contributed by atoms with Gasteiger partial charge in [-0.1, -0.05) is 0 Å². The van der Waals surface area contributed by atoms with Crippen molar-refractivity contribution in [2.45, 2.75) is 19.5 Å². The predicted octanol–water partition coefficient (Wildman–Crippen LogP) is 2.51. The first kappa shape index (κ1) is 13.0. The van der Waals surface area contributed by atoms with E-state index in [9.17, 15) is 18.0 Å². The molecule has 17 heavy (non-hydrogen) atoms. The number of benzene rings is 1. The van der Waals surface area contributed by atoms with Crippen molar-refractivity contribution in [3.05, 3.63) is 34.4 Å². The van der Waals surface area contributed by atoms with Gasteiger partial charge in [-0.05, 0) is 30.2 Å². The van der Waals surface area contributed by atoms with Crippen LogP contribution in [-0.2, 0) is 17.4 Å². The first-order chi connectivity index (χ1) is 7.75. The number of aryl methyl sites for hydroxylation is 1. The molecule has 1 aromatic carbocycles. The third kappa shape index (κ3) is 2.97. The van der Waals surface area contributed by atoms with Crippen LogP contribution in [0, 0.1) is 18.3 Å². The van der Waals surface area contributed by atoms with E-state index in [1.54, 1.807) is 6.07 Å². The van der Waals surface area contributed by atoms with Crippen molar-refractivity contribution in [1.82, 2.24) is 0 Å². The molecule has 0 aliphatic rings. The van der Waals surface area contributed by atoms with Crippen molar-refractivity contribution in [2.75, 3.05) is 0 Å². The molecular weight excluding hydrogens is 235 g/mol. The second kappa shape index (κ2) is 4.45. The zero-order valence-electron chi connectivity index (χ0n) is 8.80. The van der Waals surface area contributed by atoms with Crippen LogP contribution in [0.1, 0.15) is 22.3 Å². The van der Waals surface area contributed by atoms with Gasteiger partial charge in [0.15, 0.2) is 0 Å². The van der Waals surface area contributed by atoms with Gasteiger partial charge in [-0.25, -0.2) is 0 Å². The van der Waals surface area contributed by atoms with Crippen molar-refractivity contribution in [2.24, 2.45) is 0 Å². The summed E-state index contributed by atoms with van der Waals surface area (Å²) >= 11 is 0. The molecule has 1 N–H and O–H groups in total. The van der Waals surface area contributed by atoms with Gasteiger partial charge in [0, 0.05) is 0 Å². The van der Waals surface area contributed by atoms with Crippen LogP contribution in [0.25, 0.3) is 0 Å². The Morgan fingerprint density at radius 1 is 1.47 bits per heavy atom. The van der Waals surface area contributed by atoms with Gasteiger partial charge in [-0.15, -0.1) is 0 Å². The van der Waals surface area contributed by atoms with E-state index in [0.29, 0.717) is 6.07 Å². The number of nitrogens with zero attached hydrogens (tertiary/aromatic N) is 1. The number of aliphatic carboxylic acids is 1. The number of carbonyl (C=O) groups is 1. The Hall–Kier alpha value is -2.03. The molecule has 0 atom stereocenters. The fraction of sp³-hybridized carbons (Fsp3) is 0.273. The number of carboxylic acids is 1. The fourth-order valence-electron chi connectivity index (χ4n) is 1.49. The molecule has 0 aliphatic heterocycles. The Bertz CT molecular complexity index is 501. The predicted molar refractivity (Wildman–Crippen MR) is 52.2 cm³/mol. The molecule has 0 spiro atoms. The number of hydrogen-bond acceptors (Lipinski definition) is 2. The molecule has 0 bridgehead atoms. The minimum Gasteiger partial charge on any atom is -0.481 e. The Morgan fingerprint density at radius 2 is 2.06 bits per heavy atom. The van der Waals surface area contributed by atoms with E-state index in [4.69, 9.17) is 10.4 Å². The zero-order valence-corrected chi connectivity index (χ0v) is 8.80. The Kier molecular flexibility index (Phi) is 3.42. The molecule has 1 rings (SSSR count). The lowest BCUT2D eigenvalue weighted by molar-refractivity contribution is -0.138. The minimum atomic E-state index is -4.55. The average Bonchev–Trinajstić information content (AvgIpc) is 2.14. The lowest BCUT2D eigenvalue weighted by atomic mass is 9.97. The Labute approximate surface area is 95.1 Å². The Morgan fingerprint density at radius 3 is 2.47 bits per heavy atom. The maximum absolute atomic E-state index is 12.5. The first-order valence-electron chi connectivity index (χ1n) is 4.58. The first-order valence-corrected chi connectivity index (χ1v) is 4.58. The van der Waals surface area contributed by atoms with E-state index in [2.05, 4.69) is 0 Å². The second-order valence-corrected chi connectivity index (χ2v) is 3.51. The maximum atomic E-state index is 12.5. The van der Waals surface area contributed by atoms with Crippen LogP contribution in [0.3, 0.4) is 0 Å². The number of rotatable bonds is 2. The molecule has 0 saturated carbocycles. The topological polar surface area (TPSA) is 61.1 Å². The SMILES string of the molecule is Cc1cc(C(F)(F)F)cc(CC(=O)O)c1C#N. The lowest BCUT2D eigenvalue weighted by Crippen LogP contribution is -2.10. The summed E-state index contributed by atoms with van der Waals surface area (Å²) in [5, 5.41) is 17.4. The molecule has 1 aromatic rings. The normalized spacial score (nSPS) is 11.0. The highest BCUT2D eigenvalue weighted by Crippen LogP contribution is 2.32. The van der Waals surface area contributed by atoms with Crippen LogP contribution in [-0.4, -0.2) is 11.1 Å². The summed E-state index contributed by atoms with van der Waals surface area (Å²) in [7, 11) is 0. The van der Waals surface area contributed by atoms with E-state index in [1.807, 2.05) is 0 Å². The molecule has 0 heterocycles. The van der Waals surface area contributed by atoms with Crippen molar-refractivity contribution >= 4 is 5.97 Å². The summed E-state index contributed by atoms with van der Waals surface area (Å²) in [6.07, 6.45) is -5.15. The molecule has 0 aromatic heterocycles. The number of hydrogen-bond donors (Lipinski definition) is 1. The molecule has 0 fully saturated rings. The Balaban J connectivity index is 3.40. The van der Waals surface area contributed by atoms with Gasteiger partial charge < -0.3 is 5.11 Å². The van der Waals surface area contributed by atoms with Gasteiger partial charge in [0.25, 0.3) is 0 Å². The molecule has 0 aliphatic carbocycles. The molecule has 3 nitrogen and oxygen atoms in total. The van der Waals surface area contributed by atoms with Crippen LogP contribution in [0.4, 0.5) is 13.2 Å². The van der Waals surface area contributed by atoms with E-state index >= 15 is 0 Å². The summed E-state index contributed by atoms with van der Waals surface area (Å²) < 4.78 is 37.5. The highest BCUT2D eigenvalue weighted by atomic mass is 19.4. The average molecular weight is 243 g/mol. The number of halogens is 3. The quantitative estimate of drug-likeness (QED) is 0.868. The number of alkyl halides is 3. The molecule has 90 valence electrons. The fourth-order valence-corrected chi connectivity index (χ4v) is 1.49. The molecule has 6 heteroatoms. The summed E-state index contributed by atoms with van der Waals surface area (Å²) in [4.78, 5) is 10.5. The van der Waals surface area contributed by atoms with Gasteiger partial charge in [-0.2, -0.15) is 18.4 Å². The van der Waals surface area contributed by atoms with Crippen molar-refractivity contribution in [1.29, 1.82) is 5.26 Å². The van der Waals surface area contributed by atoms with E-state index in [1.165, 1.54) is 6.92 Å². The van der Waals surface area contributed by atoms with Crippen molar-refractivity contribution in [3.8, 4) is 6.07 Å². The van der Waals surface area contributed by atoms with E-state index in [0.717, 1.165) is 6.07 Å². The van der Waals surface area contributed by atoms with Crippen LogP contribution in [0.5, 0.6) is 0 Å². The van der Waals surface area contributed by atoms with Gasteiger partial charge in [-0.3, -0.25) is 4.79 Å². The highest BCUT2D eigenvalue weighted by Gasteiger charge is 2.31. The van der Waals surface area contributed by atoms with E-state index < -0.39 is 24.1 Å². The van der Waals surface area contributed by atoms with Crippen LogP contribution in [0.2, 0.25) is 0 Å². The number of carboxylic acid groups (broad SMARTS) is 1. The minimum absolute atomic E-state index is 0.0135. The lowest BCUT2D eigenvalue weighted by Gasteiger charge is -2.11. The van der Waals surface area contributed by atoms with Crippen LogP contribution in [0.15, 0.2) is 12.1 Å². The monoisotopic (exact) mass is 243 g/mol. The molecular formula is C11H8F3NO2. The number of nitriles is 1. The smallest absolute Gasteiger partial charge is 0.416 e. The molecule has 0 amide bonds. The molecule has 0 radical (unpaired) electrons. The highest BCUT2D eigenvalue weighted by molar-refractivity contribution is 5.72. The molecule has 0 unspecified atom stereocenters. The van der Waals surface area contributed by atoms with Gasteiger partial charge >= 0.3 is 12.1 Å². The summed E-state index contributed by atoms with van der Waals surface area (Å²) in [5.74, 6) is -1.28. The zero-order chi connectivity index (χ0) is 13.2. The van der Waals surface area contributed by atoms with Crippen LogP contribution >= 0.6 is 0 Å². The van der Waals surface area contributed by atoms with Crippen LogP contribution < -0.4 is 0 Å². The van der Waals surface area contributed by atoms with Gasteiger partial charge in [0.1, 0.15) is 0 Å². The van der Waals surface area contributed by atoms with Gasteiger partial charge in [0.05, 0.1) is 23.6 Å². The summed E-state index contributed by atoms with van der Waals surface area (Å²) in [6, 6.07) is 3.26. The largest absolute Gasteiger partial charge is 0.481 e. The maximum Gasteiger partial charge on any atom is 0.416 e. The summed E-state index contributed by atoms with van der Waals surface area (Å²) in [5.41, 5.74) is -0.948. The third-order valence-electron chi connectivity index (χ3n) is 2.20. The van der Waals surface area contributed by atoms with Crippen molar-refractivity contribution < 1.29 is 23.1 Å². The van der Waals surface area contributed by atoms with E-state index in [-0.39, 0.29) is 16.7 Å². The standard InChI is InChI=1S/C11H8F3NO2/c1-6-2-8(11(12,13)14)3-7(4-10(16)17)9(6)5-15/h2-3H,4H2,1H3,(H,16,17). The second-order valence-electron chi connectivity index (χ2n) is 3.51. The molecule has 0 saturated heterocycles. The summed E-state index contributed by atoms with van der Waals surface area (Å²) in [6.45, 7) is 1.35. The third-order valence-corrected chi connectivity index (χ3v) is 2.20. The van der Waals surface area contributed by atoms with Crippen molar-refractivity contribution in [3.63, 3.8) is 0 Å².